The number of pyridine rings is 1. The van der Waals surface area contributed by atoms with Crippen LogP contribution in [0, 0.1) is 5.82 Å². The summed E-state index contributed by atoms with van der Waals surface area (Å²) in [7, 11) is 0. The first kappa shape index (κ1) is 16.7. The van der Waals surface area contributed by atoms with E-state index in [4.69, 9.17) is 16.3 Å². The topological polar surface area (TPSA) is 77.4 Å². The number of hydrogen-bond acceptors (Lipinski definition) is 4. The molecule has 1 N–H and O–H groups in total. The highest BCUT2D eigenvalue weighted by Crippen LogP contribution is 2.19. The van der Waals surface area contributed by atoms with Gasteiger partial charge in [0.25, 0.3) is 11.5 Å². The van der Waals surface area contributed by atoms with Crippen LogP contribution < -0.4 is 10.9 Å². The third-order valence-corrected chi connectivity index (χ3v) is 3.00. The van der Waals surface area contributed by atoms with Gasteiger partial charge in [0.05, 0.1) is 5.69 Å². The van der Waals surface area contributed by atoms with Gasteiger partial charge in [-0.15, -0.1) is 0 Å². The first-order chi connectivity index (χ1) is 11.0. The molecule has 1 amide bonds. The van der Waals surface area contributed by atoms with Crippen LogP contribution in [0.1, 0.15) is 0 Å². The largest absolute Gasteiger partial charge is 0.454 e. The Kier molecular flexibility index (Phi) is 5.48. The van der Waals surface area contributed by atoms with Crippen molar-refractivity contribution in [3.8, 4) is 0 Å². The fourth-order valence-corrected chi connectivity index (χ4v) is 1.87. The van der Waals surface area contributed by atoms with Gasteiger partial charge >= 0.3 is 5.97 Å². The van der Waals surface area contributed by atoms with Crippen molar-refractivity contribution in [3.05, 3.63) is 63.8 Å². The van der Waals surface area contributed by atoms with Crippen LogP contribution >= 0.6 is 11.6 Å². The van der Waals surface area contributed by atoms with Crippen molar-refractivity contribution in [2.75, 3.05) is 11.9 Å². The average molecular weight is 339 g/mol. The summed E-state index contributed by atoms with van der Waals surface area (Å²) < 4.78 is 19.3. The maximum absolute atomic E-state index is 13.4. The van der Waals surface area contributed by atoms with E-state index in [0.717, 1.165) is 10.6 Å². The first-order valence-corrected chi connectivity index (χ1v) is 6.89. The lowest BCUT2D eigenvalue weighted by Gasteiger charge is -2.08. The molecule has 2 rings (SSSR count). The second-order valence-corrected chi connectivity index (χ2v) is 4.94. The molecule has 0 radical (unpaired) electrons. The smallest absolute Gasteiger partial charge is 0.326 e. The highest BCUT2D eigenvalue weighted by atomic mass is 35.5. The minimum Gasteiger partial charge on any atom is -0.454 e. The normalized spacial score (nSPS) is 10.2. The highest BCUT2D eigenvalue weighted by molar-refractivity contribution is 6.30. The van der Waals surface area contributed by atoms with Gasteiger partial charge in [-0.3, -0.25) is 14.4 Å². The summed E-state index contributed by atoms with van der Waals surface area (Å²) in [5, 5.41) is 2.49. The van der Waals surface area contributed by atoms with Gasteiger partial charge in [0.15, 0.2) is 6.61 Å². The number of nitrogens with one attached hydrogen (secondary N) is 1. The summed E-state index contributed by atoms with van der Waals surface area (Å²) in [4.78, 5) is 34.6. The van der Waals surface area contributed by atoms with Crippen LogP contribution in [0.2, 0.25) is 5.02 Å². The second-order valence-electron chi connectivity index (χ2n) is 4.50. The summed E-state index contributed by atoms with van der Waals surface area (Å²) in [6, 6.07) is 8.10. The number of anilines is 1. The molecule has 0 unspecified atom stereocenters. The Morgan fingerprint density at radius 3 is 2.78 bits per heavy atom. The van der Waals surface area contributed by atoms with Crippen molar-refractivity contribution >= 4 is 29.2 Å². The summed E-state index contributed by atoms with van der Waals surface area (Å²) in [5.41, 5.74) is -0.479. The molecule has 0 aliphatic heterocycles. The number of hydrogen-bond donors (Lipinski definition) is 1. The lowest BCUT2D eigenvalue weighted by Crippen LogP contribution is -2.27. The molecular weight excluding hydrogens is 327 g/mol. The summed E-state index contributed by atoms with van der Waals surface area (Å²) >= 11 is 5.70. The minimum atomic E-state index is -0.764. The van der Waals surface area contributed by atoms with Gasteiger partial charge in [0, 0.05) is 17.3 Å². The number of carbonyl (C=O) groups excluding carboxylic acids is 2. The van der Waals surface area contributed by atoms with Crippen LogP contribution in [0.25, 0.3) is 0 Å². The van der Waals surface area contributed by atoms with Crippen LogP contribution in [-0.2, 0) is 20.9 Å². The molecule has 23 heavy (non-hydrogen) atoms. The predicted octanol–water partition coefficient (Wildman–Crippen LogP) is 1.82. The van der Waals surface area contributed by atoms with E-state index in [0.29, 0.717) is 0 Å². The monoisotopic (exact) mass is 338 g/mol. The SMILES string of the molecule is O=C(COC(=O)Cn1ccccc1=O)Nc1cc(Cl)ccc1F. The molecule has 0 bridgehead atoms. The molecule has 0 saturated heterocycles. The van der Waals surface area contributed by atoms with Gasteiger partial charge in [0.2, 0.25) is 0 Å². The zero-order valence-electron chi connectivity index (χ0n) is 11.8. The lowest BCUT2D eigenvalue weighted by atomic mass is 10.3. The van der Waals surface area contributed by atoms with E-state index < -0.39 is 24.3 Å². The standard InChI is InChI=1S/C15H12ClFN2O4/c16-10-4-5-11(17)12(7-10)18-13(20)9-23-15(22)8-19-6-2-1-3-14(19)21/h1-7H,8-9H2,(H,18,20). The highest BCUT2D eigenvalue weighted by Gasteiger charge is 2.11. The summed E-state index contributed by atoms with van der Waals surface area (Å²) in [6.07, 6.45) is 1.42. The maximum atomic E-state index is 13.4. The lowest BCUT2D eigenvalue weighted by molar-refractivity contribution is -0.147. The van der Waals surface area contributed by atoms with E-state index in [9.17, 15) is 18.8 Å². The van der Waals surface area contributed by atoms with Crippen LogP contribution in [-0.4, -0.2) is 23.1 Å². The van der Waals surface area contributed by atoms with E-state index in [1.807, 2.05) is 0 Å². The van der Waals surface area contributed by atoms with Gasteiger partial charge in [-0.25, -0.2) is 4.39 Å². The summed E-state index contributed by atoms with van der Waals surface area (Å²) in [6.45, 7) is -0.926. The second kappa shape index (κ2) is 7.55. The Hall–Kier alpha value is -2.67. The van der Waals surface area contributed by atoms with Gasteiger partial charge < -0.3 is 14.6 Å². The van der Waals surface area contributed by atoms with Gasteiger partial charge in [-0.2, -0.15) is 0 Å². The number of amides is 1. The molecule has 8 heteroatoms. The molecule has 120 valence electrons. The first-order valence-electron chi connectivity index (χ1n) is 6.51. The van der Waals surface area contributed by atoms with Crippen molar-refractivity contribution in [2.45, 2.75) is 6.54 Å². The number of esters is 1. The fraction of sp³-hybridized carbons (Fsp3) is 0.133. The Morgan fingerprint density at radius 1 is 1.26 bits per heavy atom. The van der Waals surface area contributed by atoms with E-state index in [-0.39, 0.29) is 22.8 Å². The molecule has 0 aliphatic rings. The molecule has 0 fully saturated rings. The molecule has 0 saturated carbocycles. The van der Waals surface area contributed by atoms with E-state index in [1.54, 1.807) is 6.07 Å². The Balaban J connectivity index is 1.87. The number of carbonyl (C=O) groups is 2. The molecule has 1 aromatic carbocycles. The predicted molar refractivity (Wildman–Crippen MR) is 81.7 cm³/mol. The average Bonchev–Trinajstić information content (AvgIpc) is 2.51. The molecule has 1 aromatic heterocycles. The quantitative estimate of drug-likeness (QED) is 0.844. The van der Waals surface area contributed by atoms with Crippen LogP contribution in [0.3, 0.4) is 0 Å². The third kappa shape index (κ3) is 4.93. The van der Waals surface area contributed by atoms with Crippen molar-refractivity contribution in [1.82, 2.24) is 4.57 Å². The van der Waals surface area contributed by atoms with Gasteiger partial charge in [-0.1, -0.05) is 17.7 Å². The molecule has 2 aromatic rings. The van der Waals surface area contributed by atoms with Crippen LogP contribution in [0.5, 0.6) is 0 Å². The van der Waals surface area contributed by atoms with Crippen LogP contribution in [0.4, 0.5) is 10.1 Å². The van der Waals surface area contributed by atoms with E-state index in [2.05, 4.69) is 5.32 Å². The summed E-state index contributed by atoms with van der Waals surface area (Å²) in [5.74, 6) is -2.15. The molecule has 0 aliphatic carbocycles. The number of ether oxygens (including phenoxy) is 1. The number of nitrogens with zero attached hydrogens (tertiary/aromatic N) is 1. The van der Waals surface area contributed by atoms with Crippen molar-refractivity contribution in [2.24, 2.45) is 0 Å². The molecule has 0 spiro atoms. The van der Waals surface area contributed by atoms with Crippen LogP contribution in [0.15, 0.2) is 47.4 Å². The number of benzene rings is 1. The number of halogens is 2. The number of rotatable bonds is 5. The number of aromatic nitrogens is 1. The third-order valence-electron chi connectivity index (χ3n) is 2.77. The van der Waals surface area contributed by atoms with Gasteiger partial charge in [0.1, 0.15) is 12.4 Å². The Morgan fingerprint density at radius 2 is 2.04 bits per heavy atom. The van der Waals surface area contributed by atoms with Crippen molar-refractivity contribution in [1.29, 1.82) is 0 Å². The molecular formula is C15H12ClFN2O4. The van der Waals surface area contributed by atoms with E-state index in [1.165, 1.54) is 30.5 Å². The fourth-order valence-electron chi connectivity index (χ4n) is 1.70. The maximum Gasteiger partial charge on any atom is 0.326 e. The van der Waals surface area contributed by atoms with Crippen molar-refractivity contribution < 1.29 is 18.7 Å². The molecule has 1 heterocycles. The molecule has 6 nitrogen and oxygen atoms in total. The zero-order valence-corrected chi connectivity index (χ0v) is 12.5. The van der Waals surface area contributed by atoms with E-state index >= 15 is 0 Å². The Labute approximate surface area is 135 Å². The van der Waals surface area contributed by atoms with Gasteiger partial charge in [-0.05, 0) is 24.3 Å². The van der Waals surface area contributed by atoms with Crippen molar-refractivity contribution in [3.63, 3.8) is 0 Å². The molecule has 0 atom stereocenters. The zero-order chi connectivity index (χ0) is 16.8. The minimum absolute atomic E-state index is 0.113. The Bertz CT molecular complexity index is 791.